The van der Waals surface area contributed by atoms with Crippen molar-refractivity contribution in [1.29, 1.82) is 0 Å². The number of aromatic nitrogens is 2. The first-order chi connectivity index (χ1) is 9.01. The highest BCUT2D eigenvalue weighted by Gasteiger charge is 2.31. The Bertz CT molecular complexity index is 554. The lowest BCUT2D eigenvalue weighted by Gasteiger charge is -2.25. The molecule has 0 N–H and O–H groups in total. The van der Waals surface area contributed by atoms with E-state index >= 15 is 0 Å². The predicted molar refractivity (Wildman–Crippen MR) is 68.5 cm³/mol. The van der Waals surface area contributed by atoms with Crippen LogP contribution < -0.4 is 4.90 Å². The van der Waals surface area contributed by atoms with Crippen molar-refractivity contribution in [1.82, 2.24) is 10.2 Å². The largest absolute Gasteiger partial charge is 0.405 e. The number of rotatable bonds is 4. The third-order valence-electron chi connectivity index (χ3n) is 2.59. The molecule has 7 heteroatoms. The monoisotopic (exact) mass is 289 g/mol. The highest BCUT2D eigenvalue weighted by Crippen LogP contribution is 2.27. The minimum Gasteiger partial charge on any atom is -0.360 e. The number of hydrogen-bond acceptors (Lipinski definition) is 3. The van der Waals surface area contributed by atoms with Crippen molar-refractivity contribution in [2.24, 2.45) is 0 Å². The first-order valence-corrected chi connectivity index (χ1v) is 6.13. The SMILES string of the molecule is FC(F)(F)CN(CCCl)c1cnnc2ccccc12. The number of hydrogen-bond donors (Lipinski definition) is 0. The Morgan fingerprint density at radius 2 is 1.95 bits per heavy atom. The summed E-state index contributed by atoms with van der Waals surface area (Å²) in [4.78, 5) is 1.17. The fraction of sp³-hybridized carbons (Fsp3) is 0.333. The van der Waals surface area contributed by atoms with Crippen molar-refractivity contribution in [3.63, 3.8) is 0 Å². The lowest BCUT2D eigenvalue weighted by molar-refractivity contribution is -0.119. The summed E-state index contributed by atoms with van der Waals surface area (Å²) in [7, 11) is 0. The molecular formula is C12H11ClF3N3. The van der Waals surface area contributed by atoms with Gasteiger partial charge in [0.1, 0.15) is 6.54 Å². The van der Waals surface area contributed by atoms with Gasteiger partial charge in [-0.05, 0) is 6.07 Å². The van der Waals surface area contributed by atoms with Crippen LogP contribution in [0, 0.1) is 0 Å². The molecule has 0 aliphatic rings. The Kier molecular flexibility index (Phi) is 4.09. The van der Waals surface area contributed by atoms with E-state index in [0.29, 0.717) is 16.6 Å². The van der Waals surface area contributed by atoms with Gasteiger partial charge in [-0.15, -0.1) is 11.6 Å². The molecule has 0 atom stereocenters. The maximum absolute atomic E-state index is 12.6. The fourth-order valence-corrected chi connectivity index (χ4v) is 2.05. The second-order valence-corrected chi connectivity index (χ2v) is 4.35. The average molecular weight is 290 g/mol. The first kappa shape index (κ1) is 13.9. The van der Waals surface area contributed by atoms with E-state index in [2.05, 4.69) is 10.2 Å². The van der Waals surface area contributed by atoms with Crippen LogP contribution in [0.2, 0.25) is 0 Å². The molecule has 0 aliphatic heterocycles. The van der Waals surface area contributed by atoms with E-state index in [4.69, 9.17) is 11.6 Å². The van der Waals surface area contributed by atoms with Crippen LogP contribution in [-0.4, -0.2) is 35.3 Å². The second-order valence-electron chi connectivity index (χ2n) is 3.97. The molecule has 0 aliphatic carbocycles. The van der Waals surface area contributed by atoms with E-state index < -0.39 is 12.7 Å². The van der Waals surface area contributed by atoms with Crippen LogP contribution >= 0.6 is 11.6 Å². The van der Waals surface area contributed by atoms with Crippen molar-refractivity contribution in [2.45, 2.75) is 6.18 Å². The lowest BCUT2D eigenvalue weighted by atomic mass is 10.2. The van der Waals surface area contributed by atoms with Crippen LogP contribution in [0.1, 0.15) is 0 Å². The number of benzene rings is 1. The quantitative estimate of drug-likeness (QED) is 0.809. The predicted octanol–water partition coefficient (Wildman–Crippen LogP) is 3.24. The third kappa shape index (κ3) is 3.47. The molecule has 0 fully saturated rings. The van der Waals surface area contributed by atoms with Gasteiger partial charge in [-0.1, -0.05) is 18.2 Å². The second kappa shape index (κ2) is 5.61. The summed E-state index contributed by atoms with van der Waals surface area (Å²) >= 11 is 5.58. The van der Waals surface area contributed by atoms with Gasteiger partial charge in [0, 0.05) is 17.8 Å². The molecule has 0 saturated carbocycles. The van der Waals surface area contributed by atoms with Crippen molar-refractivity contribution in [3.8, 4) is 0 Å². The van der Waals surface area contributed by atoms with E-state index in [-0.39, 0.29) is 12.4 Å². The summed E-state index contributed by atoms with van der Waals surface area (Å²) in [5.74, 6) is 0.104. The van der Waals surface area contributed by atoms with Gasteiger partial charge in [-0.2, -0.15) is 23.4 Å². The molecular weight excluding hydrogens is 279 g/mol. The zero-order valence-corrected chi connectivity index (χ0v) is 10.6. The van der Waals surface area contributed by atoms with Gasteiger partial charge in [0.2, 0.25) is 0 Å². The van der Waals surface area contributed by atoms with Crippen LogP contribution in [-0.2, 0) is 0 Å². The van der Waals surface area contributed by atoms with E-state index in [1.165, 1.54) is 11.1 Å². The van der Waals surface area contributed by atoms with Crippen molar-refractivity contribution in [2.75, 3.05) is 23.9 Å². The fourth-order valence-electron chi connectivity index (χ4n) is 1.85. The van der Waals surface area contributed by atoms with Gasteiger partial charge in [-0.25, -0.2) is 0 Å². The van der Waals surface area contributed by atoms with Crippen molar-refractivity contribution < 1.29 is 13.2 Å². The van der Waals surface area contributed by atoms with E-state index in [9.17, 15) is 13.2 Å². The van der Waals surface area contributed by atoms with Gasteiger partial charge in [-0.3, -0.25) is 0 Å². The van der Waals surface area contributed by atoms with E-state index in [1.54, 1.807) is 24.3 Å². The molecule has 0 unspecified atom stereocenters. The standard InChI is InChI=1S/C12H11ClF3N3/c13-5-6-19(8-12(14,15)16)11-7-17-18-10-4-2-1-3-9(10)11/h1-4,7H,5-6,8H2. The van der Waals surface area contributed by atoms with E-state index in [1.807, 2.05) is 0 Å². The van der Waals surface area contributed by atoms with Crippen LogP contribution in [0.3, 0.4) is 0 Å². The van der Waals surface area contributed by atoms with Gasteiger partial charge in [0.05, 0.1) is 17.4 Å². The number of halogens is 4. The number of fused-ring (bicyclic) bond motifs is 1. The van der Waals surface area contributed by atoms with Crippen LogP contribution in [0.4, 0.5) is 18.9 Å². The van der Waals surface area contributed by atoms with E-state index in [0.717, 1.165) is 0 Å². The normalized spacial score (nSPS) is 11.8. The summed E-state index contributed by atoms with van der Waals surface area (Å²) in [5.41, 5.74) is 0.949. The zero-order valence-electron chi connectivity index (χ0n) is 9.86. The molecule has 0 radical (unpaired) electrons. The maximum Gasteiger partial charge on any atom is 0.405 e. The molecule has 1 aromatic heterocycles. The molecule has 1 aromatic carbocycles. The maximum atomic E-state index is 12.6. The van der Waals surface area contributed by atoms with Gasteiger partial charge in [0.15, 0.2) is 0 Å². The Balaban J connectivity index is 2.44. The molecule has 3 nitrogen and oxygen atoms in total. The Hall–Kier alpha value is -1.56. The van der Waals surface area contributed by atoms with Gasteiger partial charge < -0.3 is 4.90 Å². The van der Waals surface area contributed by atoms with Crippen molar-refractivity contribution >= 4 is 28.2 Å². The molecule has 102 valence electrons. The molecule has 2 rings (SSSR count). The highest BCUT2D eigenvalue weighted by atomic mass is 35.5. The zero-order chi connectivity index (χ0) is 13.9. The Morgan fingerprint density at radius 1 is 1.21 bits per heavy atom. The molecule has 1 heterocycles. The van der Waals surface area contributed by atoms with Crippen molar-refractivity contribution in [3.05, 3.63) is 30.5 Å². The van der Waals surface area contributed by atoms with Gasteiger partial charge >= 0.3 is 6.18 Å². The Labute approximate surface area is 113 Å². The molecule has 0 spiro atoms. The molecule has 2 aromatic rings. The molecule has 0 saturated heterocycles. The Morgan fingerprint density at radius 3 is 2.63 bits per heavy atom. The molecule has 19 heavy (non-hydrogen) atoms. The molecule has 0 amide bonds. The minimum absolute atomic E-state index is 0.0940. The number of nitrogens with zero attached hydrogens (tertiary/aromatic N) is 3. The smallest absolute Gasteiger partial charge is 0.360 e. The van der Waals surface area contributed by atoms with Crippen LogP contribution in [0.5, 0.6) is 0 Å². The average Bonchev–Trinajstić information content (AvgIpc) is 2.36. The number of anilines is 1. The molecule has 0 bridgehead atoms. The minimum atomic E-state index is -4.30. The highest BCUT2D eigenvalue weighted by molar-refractivity contribution is 6.18. The van der Waals surface area contributed by atoms with Crippen LogP contribution in [0.25, 0.3) is 10.9 Å². The third-order valence-corrected chi connectivity index (χ3v) is 2.76. The summed E-state index contributed by atoms with van der Waals surface area (Å²) in [6.45, 7) is -0.966. The summed E-state index contributed by atoms with van der Waals surface area (Å²) in [5, 5.41) is 8.27. The first-order valence-electron chi connectivity index (χ1n) is 5.59. The topological polar surface area (TPSA) is 29.0 Å². The number of alkyl halides is 4. The summed E-state index contributed by atoms with van der Waals surface area (Å²) in [6.07, 6.45) is -2.96. The van der Waals surface area contributed by atoms with Gasteiger partial charge in [0.25, 0.3) is 0 Å². The summed E-state index contributed by atoms with van der Waals surface area (Å²) < 4.78 is 37.8. The summed E-state index contributed by atoms with van der Waals surface area (Å²) in [6, 6.07) is 6.94. The lowest BCUT2D eigenvalue weighted by Crippen LogP contribution is -2.35. The van der Waals surface area contributed by atoms with Crippen LogP contribution in [0.15, 0.2) is 30.5 Å².